The monoisotopic (exact) mass is 542 g/mol. The molecule has 2 aromatic heterocycles. The minimum absolute atomic E-state index is 0.558. The van der Waals surface area contributed by atoms with Crippen molar-refractivity contribution in [1.29, 1.82) is 0 Å². The van der Waals surface area contributed by atoms with Crippen molar-refractivity contribution in [3.63, 3.8) is 0 Å². The van der Waals surface area contributed by atoms with E-state index in [4.69, 9.17) is 23.7 Å². The summed E-state index contributed by atoms with van der Waals surface area (Å²) in [4.78, 5) is 0. The molecule has 0 radical (unpaired) electrons. The first-order valence-corrected chi connectivity index (χ1v) is 11.9. The third-order valence-corrected chi connectivity index (χ3v) is 7.01. The van der Waals surface area contributed by atoms with E-state index in [1.54, 1.807) is 22.7 Å². The van der Waals surface area contributed by atoms with Gasteiger partial charge in [-0.3, -0.25) is 0 Å². The van der Waals surface area contributed by atoms with Gasteiger partial charge < -0.3 is 23.7 Å². The van der Waals surface area contributed by atoms with Gasteiger partial charge in [-0.15, -0.1) is 22.7 Å². The van der Waals surface area contributed by atoms with Gasteiger partial charge in [0.15, 0.2) is 0 Å². The Balaban J connectivity index is 1.27. The van der Waals surface area contributed by atoms with Gasteiger partial charge in [0.05, 0.1) is 73.6 Å². The number of rotatable bonds is 16. The molecule has 9 heteroatoms. The first kappa shape index (κ1) is 23.4. The van der Waals surface area contributed by atoms with Crippen LogP contribution in [0.4, 0.5) is 0 Å². The van der Waals surface area contributed by atoms with Crippen molar-refractivity contribution in [3.8, 4) is 0 Å². The molecule has 152 valence electrons. The van der Waals surface area contributed by atoms with Crippen LogP contribution in [0.2, 0.25) is 0 Å². The minimum Gasteiger partial charge on any atom is -0.377 e. The summed E-state index contributed by atoms with van der Waals surface area (Å²) in [5.41, 5.74) is 2.35. The second kappa shape index (κ2) is 15.1. The highest BCUT2D eigenvalue weighted by Crippen LogP contribution is 2.24. The maximum absolute atomic E-state index is 5.56. The van der Waals surface area contributed by atoms with Crippen LogP contribution in [0.1, 0.15) is 11.1 Å². The fraction of sp³-hybridized carbons (Fsp3) is 0.556. The van der Waals surface area contributed by atoms with Crippen LogP contribution in [0.3, 0.4) is 0 Å². The van der Waals surface area contributed by atoms with E-state index >= 15 is 0 Å². The topological polar surface area (TPSA) is 46.2 Å². The van der Waals surface area contributed by atoms with Crippen LogP contribution in [0, 0.1) is 0 Å². The average Bonchev–Trinajstić information content (AvgIpc) is 3.26. The molecule has 0 amide bonds. The Kier molecular flexibility index (Phi) is 13.1. The second-order valence-corrected chi connectivity index (χ2v) is 9.85. The van der Waals surface area contributed by atoms with Gasteiger partial charge in [-0.25, -0.2) is 0 Å². The standard InChI is InChI=1S/C18H24Br2O5S2/c19-17-15(1-11-26-17)13-24-9-7-22-5-3-21-4-6-23-8-10-25-14-16-2-12-27-18(16)20/h1-2,11-12H,3-10,13-14H2. The number of halogens is 2. The maximum Gasteiger partial charge on any atom is 0.0753 e. The summed E-state index contributed by atoms with van der Waals surface area (Å²) in [6.45, 7) is 5.74. The maximum atomic E-state index is 5.56. The molecule has 0 saturated heterocycles. The highest BCUT2D eigenvalue weighted by molar-refractivity contribution is 9.11. The molecule has 0 aromatic carbocycles. The molecular formula is C18H24Br2O5S2. The molecule has 5 nitrogen and oxygen atoms in total. The van der Waals surface area contributed by atoms with Gasteiger partial charge in [0.1, 0.15) is 0 Å². The second-order valence-electron chi connectivity index (χ2n) is 5.38. The van der Waals surface area contributed by atoms with E-state index in [0.717, 1.165) is 7.57 Å². The SMILES string of the molecule is Brc1sccc1COCCOCCOCCOCCOCc1ccsc1Br. The number of hydrogen-bond acceptors (Lipinski definition) is 7. The van der Waals surface area contributed by atoms with Gasteiger partial charge in [-0.1, -0.05) is 0 Å². The van der Waals surface area contributed by atoms with Crippen molar-refractivity contribution in [2.75, 3.05) is 52.9 Å². The van der Waals surface area contributed by atoms with Crippen molar-refractivity contribution < 1.29 is 23.7 Å². The zero-order chi connectivity index (χ0) is 19.2. The summed E-state index contributed by atoms with van der Waals surface area (Å²) in [6, 6.07) is 4.11. The molecule has 0 N–H and O–H groups in total. The predicted molar refractivity (Wildman–Crippen MR) is 116 cm³/mol. The van der Waals surface area contributed by atoms with E-state index in [9.17, 15) is 0 Å². The largest absolute Gasteiger partial charge is 0.377 e. The predicted octanol–water partition coefficient (Wildman–Crippen LogP) is 5.12. The van der Waals surface area contributed by atoms with Crippen LogP contribution in [-0.4, -0.2) is 52.9 Å². The van der Waals surface area contributed by atoms with Crippen molar-refractivity contribution in [2.24, 2.45) is 0 Å². The van der Waals surface area contributed by atoms with E-state index < -0.39 is 0 Å². The summed E-state index contributed by atoms with van der Waals surface area (Å²) in [5.74, 6) is 0. The van der Waals surface area contributed by atoms with E-state index in [2.05, 4.69) is 44.0 Å². The fourth-order valence-electron chi connectivity index (χ4n) is 1.99. The fourth-order valence-corrected chi connectivity index (χ4v) is 4.39. The molecule has 0 bridgehead atoms. The summed E-state index contributed by atoms with van der Waals surface area (Å²) >= 11 is 10.3. The lowest BCUT2D eigenvalue weighted by atomic mass is 10.4. The number of ether oxygens (including phenoxy) is 5. The summed E-state index contributed by atoms with van der Waals surface area (Å²) in [5, 5.41) is 4.08. The lowest BCUT2D eigenvalue weighted by Gasteiger charge is -2.08. The normalized spacial score (nSPS) is 11.3. The Morgan fingerprint density at radius 1 is 0.556 bits per heavy atom. The van der Waals surface area contributed by atoms with Gasteiger partial charge in [-0.2, -0.15) is 0 Å². The summed E-state index contributed by atoms with van der Waals surface area (Å²) in [7, 11) is 0. The van der Waals surface area contributed by atoms with Crippen LogP contribution in [0.25, 0.3) is 0 Å². The van der Waals surface area contributed by atoms with Gasteiger partial charge in [0.25, 0.3) is 0 Å². The van der Waals surface area contributed by atoms with E-state index in [-0.39, 0.29) is 0 Å². The first-order chi connectivity index (χ1) is 13.3. The van der Waals surface area contributed by atoms with E-state index in [0.29, 0.717) is 66.1 Å². The van der Waals surface area contributed by atoms with Gasteiger partial charge in [0, 0.05) is 11.1 Å². The molecule has 0 spiro atoms. The highest BCUT2D eigenvalue weighted by atomic mass is 79.9. The van der Waals surface area contributed by atoms with Crippen molar-refractivity contribution >= 4 is 54.5 Å². The van der Waals surface area contributed by atoms with Crippen LogP contribution in [-0.2, 0) is 36.9 Å². The Labute approximate surface area is 185 Å². The molecule has 27 heavy (non-hydrogen) atoms. The zero-order valence-electron chi connectivity index (χ0n) is 15.0. The third kappa shape index (κ3) is 10.5. The summed E-state index contributed by atoms with van der Waals surface area (Å²) < 4.78 is 29.8. The Bertz CT molecular complexity index is 568. The molecule has 0 saturated carbocycles. The molecule has 0 aliphatic carbocycles. The van der Waals surface area contributed by atoms with Crippen molar-refractivity contribution in [3.05, 3.63) is 41.6 Å². The molecule has 2 rings (SSSR count). The van der Waals surface area contributed by atoms with E-state index in [1.165, 1.54) is 11.1 Å². The number of thiophene rings is 2. The quantitative estimate of drug-likeness (QED) is 0.275. The molecular weight excluding hydrogens is 520 g/mol. The first-order valence-electron chi connectivity index (χ1n) is 8.60. The highest BCUT2D eigenvalue weighted by Gasteiger charge is 2.01. The minimum atomic E-state index is 0.558. The Hall–Kier alpha value is 0.160. The molecule has 2 aromatic rings. The Morgan fingerprint density at radius 3 is 1.19 bits per heavy atom. The molecule has 0 aliphatic heterocycles. The van der Waals surface area contributed by atoms with Crippen LogP contribution < -0.4 is 0 Å². The lowest BCUT2D eigenvalue weighted by molar-refractivity contribution is -0.0138. The molecule has 0 aliphatic rings. The lowest BCUT2D eigenvalue weighted by Crippen LogP contribution is -2.13. The zero-order valence-corrected chi connectivity index (χ0v) is 19.8. The van der Waals surface area contributed by atoms with Gasteiger partial charge in [0.2, 0.25) is 0 Å². The molecule has 2 heterocycles. The van der Waals surface area contributed by atoms with Crippen LogP contribution in [0.5, 0.6) is 0 Å². The van der Waals surface area contributed by atoms with Gasteiger partial charge in [-0.05, 0) is 54.8 Å². The average molecular weight is 544 g/mol. The molecule has 0 atom stereocenters. The van der Waals surface area contributed by atoms with Crippen LogP contribution >= 0.6 is 54.5 Å². The smallest absolute Gasteiger partial charge is 0.0753 e. The molecule has 0 unspecified atom stereocenters. The van der Waals surface area contributed by atoms with Crippen molar-refractivity contribution in [1.82, 2.24) is 0 Å². The Morgan fingerprint density at radius 2 is 0.889 bits per heavy atom. The molecule has 0 fully saturated rings. The van der Waals surface area contributed by atoms with Gasteiger partial charge >= 0.3 is 0 Å². The van der Waals surface area contributed by atoms with E-state index in [1.807, 2.05) is 10.8 Å². The number of hydrogen-bond donors (Lipinski definition) is 0. The summed E-state index contributed by atoms with van der Waals surface area (Å²) in [6.07, 6.45) is 0. The van der Waals surface area contributed by atoms with Crippen molar-refractivity contribution in [2.45, 2.75) is 13.2 Å². The van der Waals surface area contributed by atoms with Crippen LogP contribution in [0.15, 0.2) is 30.5 Å². The third-order valence-electron chi connectivity index (χ3n) is 3.39.